The fourth-order valence-corrected chi connectivity index (χ4v) is 1.81. The second-order valence-corrected chi connectivity index (χ2v) is 3.53. The summed E-state index contributed by atoms with van der Waals surface area (Å²) in [7, 11) is 0. The van der Waals surface area contributed by atoms with Gasteiger partial charge in [-0.2, -0.15) is 0 Å². The van der Waals surface area contributed by atoms with Crippen LogP contribution in [0.15, 0.2) is 0 Å². The van der Waals surface area contributed by atoms with Gasteiger partial charge in [0, 0.05) is 19.1 Å². The molecule has 0 aliphatic carbocycles. The van der Waals surface area contributed by atoms with E-state index < -0.39 is 13.0 Å². The molecule has 1 atom stereocenters. The molecule has 1 rings (SSSR count). The molecule has 1 fully saturated rings. The van der Waals surface area contributed by atoms with Crippen LogP contribution in [0, 0.1) is 0 Å². The number of likely N-dealkylation sites (tertiary alicyclic amines) is 1. The van der Waals surface area contributed by atoms with Crippen molar-refractivity contribution < 1.29 is 13.5 Å². The molecule has 0 spiro atoms. The van der Waals surface area contributed by atoms with E-state index in [4.69, 9.17) is 10.5 Å². The lowest BCUT2D eigenvalue weighted by Gasteiger charge is -2.22. The standard InChI is InChI=1S/C9H18F2N2O/c10-9(11)7-14-5-4-13-3-1-2-8(13)6-12/h8-9H,1-7,12H2. The van der Waals surface area contributed by atoms with E-state index in [9.17, 15) is 8.78 Å². The van der Waals surface area contributed by atoms with Crippen molar-refractivity contribution >= 4 is 0 Å². The van der Waals surface area contributed by atoms with Gasteiger partial charge in [0.25, 0.3) is 6.43 Å². The minimum atomic E-state index is -2.36. The van der Waals surface area contributed by atoms with E-state index >= 15 is 0 Å². The fraction of sp³-hybridized carbons (Fsp3) is 1.00. The highest BCUT2D eigenvalue weighted by Gasteiger charge is 2.22. The minimum absolute atomic E-state index is 0.376. The highest BCUT2D eigenvalue weighted by molar-refractivity contribution is 4.79. The van der Waals surface area contributed by atoms with Crippen LogP contribution in [-0.2, 0) is 4.74 Å². The number of alkyl halides is 2. The number of ether oxygens (including phenoxy) is 1. The third-order valence-electron chi connectivity index (χ3n) is 2.54. The van der Waals surface area contributed by atoms with E-state index in [2.05, 4.69) is 4.90 Å². The average molecular weight is 208 g/mol. The number of hydrogen-bond donors (Lipinski definition) is 1. The molecule has 1 saturated heterocycles. The van der Waals surface area contributed by atoms with E-state index in [1.54, 1.807) is 0 Å². The smallest absolute Gasteiger partial charge is 0.261 e. The van der Waals surface area contributed by atoms with E-state index in [1.165, 1.54) is 0 Å². The molecule has 2 N–H and O–H groups in total. The maximum Gasteiger partial charge on any atom is 0.261 e. The Kier molecular flexibility index (Phi) is 5.29. The molecule has 14 heavy (non-hydrogen) atoms. The number of hydrogen-bond acceptors (Lipinski definition) is 3. The Hall–Kier alpha value is -0.260. The van der Waals surface area contributed by atoms with Crippen LogP contribution >= 0.6 is 0 Å². The lowest BCUT2D eigenvalue weighted by molar-refractivity contribution is 0.00902. The summed E-state index contributed by atoms with van der Waals surface area (Å²) in [6.07, 6.45) is -0.0962. The van der Waals surface area contributed by atoms with Crippen molar-refractivity contribution in [2.24, 2.45) is 5.73 Å². The van der Waals surface area contributed by atoms with Gasteiger partial charge in [0.05, 0.1) is 6.61 Å². The summed E-state index contributed by atoms with van der Waals surface area (Å²) in [5.41, 5.74) is 5.57. The normalized spacial score (nSPS) is 23.6. The largest absolute Gasteiger partial charge is 0.374 e. The van der Waals surface area contributed by atoms with Crippen molar-refractivity contribution in [1.29, 1.82) is 0 Å². The van der Waals surface area contributed by atoms with E-state index in [0.29, 0.717) is 25.7 Å². The Morgan fingerprint density at radius 2 is 2.29 bits per heavy atom. The second kappa shape index (κ2) is 6.27. The van der Waals surface area contributed by atoms with Gasteiger partial charge in [-0.25, -0.2) is 8.78 Å². The van der Waals surface area contributed by atoms with Gasteiger partial charge in [-0.1, -0.05) is 0 Å². The summed E-state index contributed by atoms with van der Waals surface area (Å²) in [5, 5.41) is 0. The Morgan fingerprint density at radius 3 is 2.93 bits per heavy atom. The third kappa shape index (κ3) is 3.86. The van der Waals surface area contributed by atoms with Gasteiger partial charge in [-0.15, -0.1) is 0 Å². The van der Waals surface area contributed by atoms with Crippen LogP contribution < -0.4 is 5.73 Å². The summed E-state index contributed by atoms with van der Waals surface area (Å²) in [5.74, 6) is 0. The molecule has 1 aliphatic heterocycles. The average Bonchev–Trinajstić information content (AvgIpc) is 2.59. The summed E-state index contributed by atoms with van der Waals surface area (Å²) in [6, 6.07) is 0.421. The Balaban J connectivity index is 2.05. The first-order chi connectivity index (χ1) is 6.74. The van der Waals surface area contributed by atoms with Crippen molar-refractivity contribution in [1.82, 2.24) is 4.90 Å². The molecule has 0 aromatic rings. The molecule has 0 radical (unpaired) electrons. The first kappa shape index (κ1) is 11.8. The fourth-order valence-electron chi connectivity index (χ4n) is 1.81. The van der Waals surface area contributed by atoms with Crippen LogP contribution in [0.3, 0.4) is 0 Å². The highest BCUT2D eigenvalue weighted by Crippen LogP contribution is 2.15. The lowest BCUT2D eigenvalue weighted by Crippen LogP contribution is -2.37. The summed E-state index contributed by atoms with van der Waals surface area (Å²) in [6.45, 7) is 2.30. The number of halogens is 2. The molecule has 0 aromatic carbocycles. The van der Waals surface area contributed by atoms with E-state index in [1.807, 2.05) is 0 Å². The van der Waals surface area contributed by atoms with Crippen molar-refractivity contribution in [2.75, 3.05) is 32.8 Å². The first-order valence-electron chi connectivity index (χ1n) is 5.04. The SMILES string of the molecule is NCC1CCCN1CCOCC(F)F. The maximum atomic E-state index is 11.7. The van der Waals surface area contributed by atoms with E-state index in [-0.39, 0.29) is 0 Å². The number of rotatable bonds is 6. The molecule has 5 heteroatoms. The molecule has 0 aromatic heterocycles. The van der Waals surface area contributed by atoms with E-state index in [0.717, 1.165) is 19.4 Å². The summed E-state index contributed by atoms with van der Waals surface area (Å²) in [4.78, 5) is 2.21. The minimum Gasteiger partial charge on any atom is -0.374 e. The topological polar surface area (TPSA) is 38.5 Å². The Bertz CT molecular complexity index is 158. The molecular weight excluding hydrogens is 190 g/mol. The Morgan fingerprint density at radius 1 is 1.50 bits per heavy atom. The molecule has 0 amide bonds. The van der Waals surface area contributed by atoms with Crippen LogP contribution in [0.1, 0.15) is 12.8 Å². The molecular formula is C9H18F2N2O. The third-order valence-corrected chi connectivity index (χ3v) is 2.54. The monoisotopic (exact) mass is 208 g/mol. The van der Waals surface area contributed by atoms with Crippen molar-refractivity contribution in [3.8, 4) is 0 Å². The van der Waals surface area contributed by atoms with Crippen LogP contribution in [0.5, 0.6) is 0 Å². The quantitative estimate of drug-likeness (QED) is 0.653. The molecule has 3 nitrogen and oxygen atoms in total. The second-order valence-electron chi connectivity index (χ2n) is 3.53. The van der Waals surface area contributed by atoms with Crippen molar-refractivity contribution in [3.05, 3.63) is 0 Å². The van der Waals surface area contributed by atoms with Gasteiger partial charge >= 0.3 is 0 Å². The molecule has 0 saturated carbocycles. The first-order valence-corrected chi connectivity index (χ1v) is 5.04. The number of nitrogens with two attached hydrogens (primary N) is 1. The molecule has 1 unspecified atom stereocenters. The highest BCUT2D eigenvalue weighted by atomic mass is 19.3. The zero-order valence-electron chi connectivity index (χ0n) is 8.29. The Labute approximate surface area is 83.2 Å². The van der Waals surface area contributed by atoms with Crippen molar-refractivity contribution in [3.63, 3.8) is 0 Å². The number of nitrogens with zero attached hydrogens (tertiary/aromatic N) is 1. The van der Waals surface area contributed by atoms with Gasteiger partial charge in [0.2, 0.25) is 0 Å². The van der Waals surface area contributed by atoms with Gasteiger partial charge in [-0.3, -0.25) is 4.90 Å². The predicted octanol–water partition coefficient (Wildman–Crippen LogP) is 0.691. The van der Waals surface area contributed by atoms with Crippen LogP contribution in [0.2, 0.25) is 0 Å². The van der Waals surface area contributed by atoms with Crippen LogP contribution in [0.4, 0.5) is 8.78 Å². The van der Waals surface area contributed by atoms with Gasteiger partial charge in [0.15, 0.2) is 0 Å². The van der Waals surface area contributed by atoms with Crippen LogP contribution in [-0.4, -0.2) is 50.2 Å². The van der Waals surface area contributed by atoms with Gasteiger partial charge in [0.1, 0.15) is 6.61 Å². The van der Waals surface area contributed by atoms with Crippen LogP contribution in [0.25, 0.3) is 0 Å². The summed E-state index contributed by atoms with van der Waals surface area (Å²) < 4.78 is 28.3. The zero-order chi connectivity index (χ0) is 10.4. The predicted molar refractivity (Wildman–Crippen MR) is 50.5 cm³/mol. The van der Waals surface area contributed by atoms with Gasteiger partial charge in [-0.05, 0) is 19.4 Å². The van der Waals surface area contributed by atoms with Crippen molar-refractivity contribution in [2.45, 2.75) is 25.3 Å². The molecule has 0 bridgehead atoms. The molecule has 1 aliphatic rings. The molecule has 84 valence electrons. The maximum absolute atomic E-state index is 11.7. The molecule has 1 heterocycles. The van der Waals surface area contributed by atoms with Gasteiger partial charge < -0.3 is 10.5 Å². The zero-order valence-corrected chi connectivity index (χ0v) is 8.29. The summed E-state index contributed by atoms with van der Waals surface area (Å²) >= 11 is 0. The lowest BCUT2D eigenvalue weighted by atomic mass is 10.2.